The first-order valence-electron chi connectivity index (χ1n) is 7.17. The largest absolute Gasteiger partial charge is 0.482 e. The second kappa shape index (κ2) is 6.74. The molecule has 0 spiro atoms. The molecule has 1 N–H and O–H groups in total. The van der Waals surface area contributed by atoms with E-state index in [1.54, 1.807) is 18.2 Å². The quantitative estimate of drug-likeness (QED) is 0.390. The van der Waals surface area contributed by atoms with Gasteiger partial charge in [0.1, 0.15) is 10.8 Å². The van der Waals surface area contributed by atoms with Crippen LogP contribution in [-0.4, -0.2) is 23.2 Å². The molecule has 25 heavy (non-hydrogen) atoms. The zero-order chi connectivity index (χ0) is 18.0. The fourth-order valence-electron chi connectivity index (χ4n) is 2.28. The molecular formula is C17H11ClN2O5. The molecule has 0 saturated carbocycles. The molecule has 0 fully saturated rings. The maximum absolute atomic E-state index is 12.3. The summed E-state index contributed by atoms with van der Waals surface area (Å²) in [6.45, 7) is -0.0600. The number of amides is 1. The number of halogens is 1. The first-order chi connectivity index (χ1) is 11.9. The van der Waals surface area contributed by atoms with Gasteiger partial charge in [-0.15, -0.1) is 0 Å². The van der Waals surface area contributed by atoms with Gasteiger partial charge in [0, 0.05) is 11.6 Å². The number of ketones is 1. The maximum Gasteiger partial charge on any atom is 0.288 e. The lowest BCUT2D eigenvalue weighted by Crippen LogP contribution is -2.25. The number of anilines is 1. The molecule has 0 radical (unpaired) electrons. The average Bonchev–Trinajstić information content (AvgIpc) is 2.59. The highest BCUT2D eigenvalue weighted by Gasteiger charge is 2.17. The van der Waals surface area contributed by atoms with Crippen molar-refractivity contribution in [2.24, 2.45) is 0 Å². The molecule has 0 bridgehead atoms. The predicted molar refractivity (Wildman–Crippen MR) is 92.0 cm³/mol. The van der Waals surface area contributed by atoms with Crippen molar-refractivity contribution in [2.45, 2.75) is 0 Å². The van der Waals surface area contributed by atoms with E-state index in [2.05, 4.69) is 5.32 Å². The number of fused-ring (bicyclic) bond motifs is 1. The van der Waals surface area contributed by atoms with Crippen LogP contribution in [0.4, 0.5) is 11.4 Å². The molecule has 0 aliphatic carbocycles. The Kier molecular flexibility index (Phi) is 4.49. The van der Waals surface area contributed by atoms with Crippen molar-refractivity contribution >= 4 is 40.7 Å². The number of nitrogens with one attached hydrogen (secondary N) is 1. The number of hydrogen-bond donors (Lipinski definition) is 1. The number of carbonyl (C=O) groups is 2. The molecule has 1 aliphatic heterocycles. The number of nitro benzene ring substituents is 1. The number of nitrogens with zero attached hydrogens (tertiary/aromatic N) is 1. The average molecular weight is 359 g/mol. The van der Waals surface area contributed by atoms with E-state index in [0.29, 0.717) is 22.6 Å². The summed E-state index contributed by atoms with van der Waals surface area (Å²) >= 11 is 5.75. The fraction of sp³-hybridized carbons (Fsp3) is 0.0588. The van der Waals surface area contributed by atoms with E-state index in [4.69, 9.17) is 16.3 Å². The van der Waals surface area contributed by atoms with Crippen molar-refractivity contribution < 1.29 is 19.2 Å². The van der Waals surface area contributed by atoms with E-state index >= 15 is 0 Å². The number of benzene rings is 2. The molecule has 126 valence electrons. The number of ether oxygens (including phenoxy) is 1. The smallest absolute Gasteiger partial charge is 0.288 e. The zero-order valence-electron chi connectivity index (χ0n) is 12.7. The van der Waals surface area contributed by atoms with Crippen LogP contribution >= 0.6 is 11.6 Å². The molecule has 3 rings (SSSR count). The van der Waals surface area contributed by atoms with E-state index in [1.807, 2.05) is 0 Å². The molecule has 0 saturated heterocycles. The standard InChI is InChI=1S/C17H11ClN2O5/c18-12-4-1-10(7-14(12)20(23)24)2-5-15(21)11-3-6-16-13(8-11)19-17(22)9-25-16/h1-8H,9H2,(H,19,22). The van der Waals surface area contributed by atoms with Crippen molar-refractivity contribution in [2.75, 3.05) is 11.9 Å². The molecular weight excluding hydrogens is 348 g/mol. The van der Waals surface area contributed by atoms with E-state index in [-0.39, 0.29) is 29.0 Å². The Hall–Kier alpha value is -3.19. The molecule has 7 nitrogen and oxygen atoms in total. The highest BCUT2D eigenvalue weighted by atomic mass is 35.5. The molecule has 2 aromatic rings. The zero-order valence-corrected chi connectivity index (χ0v) is 13.4. The Morgan fingerprint density at radius 3 is 2.84 bits per heavy atom. The highest BCUT2D eigenvalue weighted by molar-refractivity contribution is 6.32. The van der Waals surface area contributed by atoms with Crippen LogP contribution in [0.2, 0.25) is 5.02 Å². The van der Waals surface area contributed by atoms with E-state index < -0.39 is 4.92 Å². The van der Waals surface area contributed by atoms with Crippen molar-refractivity contribution in [3.63, 3.8) is 0 Å². The van der Waals surface area contributed by atoms with Crippen LogP contribution < -0.4 is 10.1 Å². The van der Waals surface area contributed by atoms with Gasteiger partial charge in [0.05, 0.1) is 10.6 Å². The maximum atomic E-state index is 12.3. The summed E-state index contributed by atoms with van der Waals surface area (Å²) < 4.78 is 5.23. The molecule has 1 heterocycles. The SMILES string of the molecule is O=C1COc2ccc(C(=O)C=Cc3ccc(Cl)c([N+](=O)[O-])c3)cc2N1. The van der Waals surface area contributed by atoms with Crippen LogP contribution in [0.3, 0.4) is 0 Å². The van der Waals surface area contributed by atoms with Gasteiger partial charge >= 0.3 is 0 Å². The Morgan fingerprint density at radius 2 is 2.08 bits per heavy atom. The first kappa shape index (κ1) is 16.7. The minimum absolute atomic E-state index is 0.0268. The van der Waals surface area contributed by atoms with Crippen molar-refractivity contribution in [1.29, 1.82) is 0 Å². The van der Waals surface area contributed by atoms with Crippen LogP contribution in [0.5, 0.6) is 5.75 Å². The van der Waals surface area contributed by atoms with Gasteiger partial charge in [-0.2, -0.15) is 0 Å². The molecule has 0 atom stereocenters. The second-order valence-corrected chi connectivity index (χ2v) is 5.62. The minimum Gasteiger partial charge on any atom is -0.482 e. The number of carbonyl (C=O) groups excluding carboxylic acids is 2. The van der Waals surface area contributed by atoms with Crippen LogP contribution in [0, 0.1) is 10.1 Å². The van der Waals surface area contributed by atoms with Gasteiger partial charge in [-0.3, -0.25) is 19.7 Å². The normalized spacial score (nSPS) is 13.1. The Balaban J connectivity index is 1.82. The third-order valence-electron chi connectivity index (χ3n) is 3.49. The van der Waals surface area contributed by atoms with Gasteiger partial charge in [0.2, 0.25) is 0 Å². The topological polar surface area (TPSA) is 98.5 Å². The molecule has 0 aromatic heterocycles. The minimum atomic E-state index is -0.590. The number of allylic oxidation sites excluding steroid dienone is 1. The lowest BCUT2D eigenvalue weighted by atomic mass is 10.1. The van der Waals surface area contributed by atoms with Gasteiger partial charge in [-0.25, -0.2) is 0 Å². The number of hydrogen-bond acceptors (Lipinski definition) is 5. The summed E-state index contributed by atoms with van der Waals surface area (Å²) in [6, 6.07) is 8.95. The number of rotatable bonds is 4. The Morgan fingerprint density at radius 1 is 1.28 bits per heavy atom. The van der Waals surface area contributed by atoms with Crippen LogP contribution in [0.15, 0.2) is 42.5 Å². The van der Waals surface area contributed by atoms with Crippen LogP contribution in [-0.2, 0) is 4.79 Å². The van der Waals surface area contributed by atoms with E-state index in [9.17, 15) is 19.7 Å². The third kappa shape index (κ3) is 3.67. The van der Waals surface area contributed by atoms with Gasteiger partial charge < -0.3 is 10.1 Å². The fourth-order valence-corrected chi connectivity index (χ4v) is 2.46. The molecule has 8 heteroatoms. The van der Waals surface area contributed by atoms with Crippen LogP contribution in [0.1, 0.15) is 15.9 Å². The Bertz CT molecular complexity index is 923. The summed E-state index contributed by atoms with van der Waals surface area (Å²) in [6.07, 6.45) is 2.75. The summed E-state index contributed by atoms with van der Waals surface area (Å²) in [4.78, 5) is 33.9. The molecule has 1 aliphatic rings. The molecule has 1 amide bonds. The summed E-state index contributed by atoms with van der Waals surface area (Å²) in [5, 5.41) is 13.5. The highest BCUT2D eigenvalue weighted by Crippen LogP contribution is 2.29. The molecule has 0 unspecified atom stereocenters. The lowest BCUT2D eigenvalue weighted by Gasteiger charge is -2.17. The first-order valence-corrected chi connectivity index (χ1v) is 7.55. The number of nitro groups is 1. The summed E-state index contributed by atoms with van der Waals surface area (Å²) in [5.41, 5.74) is 1.02. The van der Waals surface area contributed by atoms with Gasteiger partial charge in [0.15, 0.2) is 12.4 Å². The van der Waals surface area contributed by atoms with Crippen molar-refractivity contribution in [3.05, 3.63) is 68.7 Å². The van der Waals surface area contributed by atoms with Gasteiger partial charge in [-0.1, -0.05) is 23.7 Å². The van der Waals surface area contributed by atoms with Crippen molar-refractivity contribution in [1.82, 2.24) is 0 Å². The van der Waals surface area contributed by atoms with Gasteiger partial charge in [0.25, 0.3) is 11.6 Å². The van der Waals surface area contributed by atoms with Crippen LogP contribution in [0.25, 0.3) is 6.08 Å². The predicted octanol–water partition coefficient (Wildman–Crippen LogP) is 3.48. The Labute approximate surface area is 147 Å². The monoisotopic (exact) mass is 358 g/mol. The molecule has 2 aromatic carbocycles. The van der Waals surface area contributed by atoms with Crippen molar-refractivity contribution in [3.8, 4) is 5.75 Å². The summed E-state index contributed by atoms with van der Waals surface area (Å²) in [5.74, 6) is -0.116. The lowest BCUT2D eigenvalue weighted by molar-refractivity contribution is -0.384. The second-order valence-electron chi connectivity index (χ2n) is 5.21. The van der Waals surface area contributed by atoms with E-state index in [1.165, 1.54) is 30.4 Å². The third-order valence-corrected chi connectivity index (χ3v) is 3.81. The summed E-state index contributed by atoms with van der Waals surface area (Å²) in [7, 11) is 0. The van der Waals surface area contributed by atoms with Gasteiger partial charge in [-0.05, 0) is 35.9 Å². The van der Waals surface area contributed by atoms with E-state index in [0.717, 1.165) is 0 Å².